The number of hydrogen-bond donors (Lipinski definition) is 1. The highest BCUT2D eigenvalue weighted by atomic mass is 32.1. The molecule has 0 amide bonds. The standard InChI is InChI=1S/C15H17N3S/c16-9-6-14-17-12-4-1-2-5-13(12)18(14)10-15(11-19)7-3-8-15/h1-2,4-5,19H,3,6-8,10-11H2. The molecule has 0 unspecified atom stereocenters. The van der Waals surface area contributed by atoms with Crippen molar-refractivity contribution in [2.45, 2.75) is 32.2 Å². The monoisotopic (exact) mass is 271 g/mol. The highest BCUT2D eigenvalue weighted by Crippen LogP contribution is 2.44. The lowest BCUT2D eigenvalue weighted by molar-refractivity contribution is 0.140. The Labute approximate surface area is 118 Å². The Bertz CT molecular complexity index is 629. The van der Waals surface area contributed by atoms with E-state index in [4.69, 9.17) is 5.26 Å². The summed E-state index contributed by atoms with van der Waals surface area (Å²) in [6.45, 7) is 0.939. The van der Waals surface area contributed by atoms with Crippen LogP contribution in [0.25, 0.3) is 11.0 Å². The van der Waals surface area contributed by atoms with Gasteiger partial charge in [-0.05, 0) is 36.1 Å². The largest absolute Gasteiger partial charge is 0.327 e. The number of thiol groups is 1. The van der Waals surface area contributed by atoms with Gasteiger partial charge in [-0.3, -0.25) is 0 Å². The zero-order valence-electron chi connectivity index (χ0n) is 10.8. The molecule has 3 nitrogen and oxygen atoms in total. The molecule has 0 radical (unpaired) electrons. The first kappa shape index (κ1) is 12.6. The Hall–Kier alpha value is -1.47. The molecule has 1 aromatic carbocycles. The van der Waals surface area contributed by atoms with Crippen molar-refractivity contribution >= 4 is 23.7 Å². The van der Waals surface area contributed by atoms with Crippen LogP contribution in [0.1, 0.15) is 25.1 Å². The van der Waals surface area contributed by atoms with Crippen molar-refractivity contribution in [2.75, 3.05) is 5.75 Å². The summed E-state index contributed by atoms with van der Waals surface area (Å²) in [4.78, 5) is 4.59. The molecule has 0 atom stereocenters. The second-order valence-corrected chi connectivity index (χ2v) is 5.77. The summed E-state index contributed by atoms with van der Waals surface area (Å²) in [5.41, 5.74) is 2.43. The lowest BCUT2D eigenvalue weighted by Gasteiger charge is -2.41. The van der Waals surface area contributed by atoms with E-state index in [0.29, 0.717) is 11.8 Å². The number of aromatic nitrogens is 2. The van der Waals surface area contributed by atoms with E-state index in [1.807, 2.05) is 18.2 Å². The van der Waals surface area contributed by atoms with Gasteiger partial charge in [0.25, 0.3) is 0 Å². The van der Waals surface area contributed by atoms with Crippen molar-refractivity contribution in [3.05, 3.63) is 30.1 Å². The molecule has 0 spiro atoms. The van der Waals surface area contributed by atoms with Gasteiger partial charge in [0.05, 0.1) is 23.5 Å². The molecule has 1 aromatic heterocycles. The molecule has 0 saturated heterocycles. The Balaban J connectivity index is 2.05. The van der Waals surface area contributed by atoms with Gasteiger partial charge in [0.1, 0.15) is 5.82 Å². The molecule has 0 N–H and O–H groups in total. The predicted molar refractivity (Wildman–Crippen MR) is 79.2 cm³/mol. The number of imidazole rings is 1. The van der Waals surface area contributed by atoms with Gasteiger partial charge in [-0.15, -0.1) is 0 Å². The van der Waals surface area contributed by atoms with E-state index in [0.717, 1.165) is 29.2 Å². The van der Waals surface area contributed by atoms with Gasteiger partial charge in [-0.2, -0.15) is 17.9 Å². The molecule has 1 aliphatic carbocycles. The molecule has 2 aromatic rings. The topological polar surface area (TPSA) is 41.6 Å². The van der Waals surface area contributed by atoms with Crippen LogP contribution < -0.4 is 0 Å². The first-order chi connectivity index (χ1) is 9.28. The average Bonchev–Trinajstić information content (AvgIpc) is 2.72. The van der Waals surface area contributed by atoms with Crippen LogP contribution in [0.4, 0.5) is 0 Å². The van der Waals surface area contributed by atoms with E-state index in [9.17, 15) is 0 Å². The van der Waals surface area contributed by atoms with Crippen LogP contribution in [0, 0.1) is 16.7 Å². The van der Waals surface area contributed by atoms with Crippen LogP contribution in [-0.2, 0) is 13.0 Å². The smallest absolute Gasteiger partial charge is 0.124 e. The van der Waals surface area contributed by atoms with Crippen molar-refractivity contribution in [1.29, 1.82) is 5.26 Å². The number of benzene rings is 1. The number of hydrogen-bond acceptors (Lipinski definition) is 3. The van der Waals surface area contributed by atoms with E-state index >= 15 is 0 Å². The zero-order chi connectivity index (χ0) is 13.3. The second kappa shape index (κ2) is 4.90. The summed E-state index contributed by atoms with van der Waals surface area (Å²) in [6.07, 6.45) is 4.13. The van der Waals surface area contributed by atoms with Crippen LogP contribution in [0.2, 0.25) is 0 Å². The summed E-state index contributed by atoms with van der Waals surface area (Å²) in [5, 5.41) is 8.98. The van der Waals surface area contributed by atoms with E-state index < -0.39 is 0 Å². The molecule has 19 heavy (non-hydrogen) atoms. The molecular weight excluding hydrogens is 254 g/mol. The second-order valence-electron chi connectivity index (χ2n) is 5.45. The molecule has 1 heterocycles. The summed E-state index contributed by atoms with van der Waals surface area (Å²) >= 11 is 4.53. The number of para-hydroxylation sites is 2. The molecule has 0 aliphatic heterocycles. The number of nitriles is 1. The summed E-state index contributed by atoms with van der Waals surface area (Å²) in [6, 6.07) is 10.4. The maximum absolute atomic E-state index is 8.98. The normalized spacial score (nSPS) is 17.1. The van der Waals surface area contributed by atoms with Crippen LogP contribution in [0.15, 0.2) is 24.3 Å². The maximum atomic E-state index is 8.98. The lowest BCUT2D eigenvalue weighted by atomic mass is 9.70. The third-order valence-corrected chi connectivity index (χ3v) is 4.88. The number of nitrogens with zero attached hydrogens (tertiary/aromatic N) is 3. The minimum Gasteiger partial charge on any atom is -0.327 e. The minimum absolute atomic E-state index is 0.302. The third kappa shape index (κ3) is 2.12. The number of rotatable bonds is 4. The van der Waals surface area contributed by atoms with Crippen molar-refractivity contribution < 1.29 is 0 Å². The van der Waals surface area contributed by atoms with Crippen molar-refractivity contribution in [3.63, 3.8) is 0 Å². The van der Waals surface area contributed by atoms with Gasteiger partial charge in [-0.25, -0.2) is 4.98 Å². The molecule has 98 valence electrons. The Morgan fingerprint density at radius 1 is 1.37 bits per heavy atom. The van der Waals surface area contributed by atoms with Gasteiger partial charge in [-0.1, -0.05) is 18.6 Å². The Morgan fingerprint density at radius 3 is 2.79 bits per heavy atom. The summed E-state index contributed by atoms with van der Waals surface area (Å²) in [5.74, 6) is 1.79. The molecule has 3 rings (SSSR count). The molecular formula is C15H17N3S. The van der Waals surface area contributed by atoms with Gasteiger partial charge in [0.15, 0.2) is 0 Å². The fourth-order valence-electron chi connectivity index (χ4n) is 2.89. The summed E-state index contributed by atoms with van der Waals surface area (Å²) < 4.78 is 2.23. The fourth-order valence-corrected chi connectivity index (χ4v) is 3.30. The van der Waals surface area contributed by atoms with Crippen molar-refractivity contribution in [2.24, 2.45) is 5.41 Å². The molecule has 1 fully saturated rings. The maximum Gasteiger partial charge on any atom is 0.124 e. The van der Waals surface area contributed by atoms with Crippen LogP contribution in [0.3, 0.4) is 0 Å². The minimum atomic E-state index is 0.302. The summed E-state index contributed by atoms with van der Waals surface area (Å²) in [7, 11) is 0. The highest BCUT2D eigenvalue weighted by molar-refractivity contribution is 7.80. The van der Waals surface area contributed by atoms with Crippen LogP contribution in [-0.4, -0.2) is 15.3 Å². The molecule has 1 aliphatic rings. The predicted octanol–water partition coefficient (Wildman–Crippen LogP) is 3.20. The van der Waals surface area contributed by atoms with Gasteiger partial charge in [0.2, 0.25) is 0 Å². The van der Waals surface area contributed by atoms with Gasteiger partial charge >= 0.3 is 0 Å². The van der Waals surface area contributed by atoms with E-state index in [1.165, 1.54) is 19.3 Å². The van der Waals surface area contributed by atoms with E-state index in [-0.39, 0.29) is 0 Å². The van der Waals surface area contributed by atoms with Gasteiger partial charge < -0.3 is 4.57 Å². The highest BCUT2D eigenvalue weighted by Gasteiger charge is 2.36. The first-order valence-electron chi connectivity index (χ1n) is 6.70. The van der Waals surface area contributed by atoms with Crippen molar-refractivity contribution in [3.8, 4) is 6.07 Å². The average molecular weight is 271 g/mol. The molecule has 4 heteroatoms. The van der Waals surface area contributed by atoms with Crippen LogP contribution in [0.5, 0.6) is 0 Å². The Morgan fingerprint density at radius 2 is 2.16 bits per heavy atom. The SMILES string of the molecule is N#CCc1nc2ccccc2n1CC1(CS)CCC1. The Kier molecular flexibility index (Phi) is 3.24. The quantitative estimate of drug-likeness (QED) is 0.868. The third-order valence-electron chi connectivity index (χ3n) is 4.21. The number of fused-ring (bicyclic) bond motifs is 1. The van der Waals surface area contributed by atoms with Gasteiger partial charge in [0, 0.05) is 6.54 Å². The first-order valence-corrected chi connectivity index (χ1v) is 7.33. The van der Waals surface area contributed by atoms with E-state index in [2.05, 4.69) is 34.3 Å². The molecule has 1 saturated carbocycles. The van der Waals surface area contributed by atoms with Crippen LogP contribution >= 0.6 is 12.6 Å². The fraction of sp³-hybridized carbons (Fsp3) is 0.467. The van der Waals surface area contributed by atoms with Crippen molar-refractivity contribution in [1.82, 2.24) is 9.55 Å². The molecule has 0 bridgehead atoms. The van der Waals surface area contributed by atoms with E-state index in [1.54, 1.807) is 0 Å². The lowest BCUT2D eigenvalue weighted by Crippen LogP contribution is -2.36. The zero-order valence-corrected chi connectivity index (χ0v) is 11.7.